The fourth-order valence-corrected chi connectivity index (χ4v) is 2.44. The number of benzene rings is 1. The molecule has 1 amide bonds. The van der Waals surface area contributed by atoms with E-state index in [9.17, 15) is 18.8 Å². The Morgan fingerprint density at radius 1 is 1.04 bits per heavy atom. The van der Waals surface area contributed by atoms with Gasteiger partial charge in [-0.1, -0.05) is 12.1 Å². The second-order valence-corrected chi connectivity index (χ2v) is 5.79. The van der Waals surface area contributed by atoms with Crippen molar-refractivity contribution >= 4 is 23.5 Å². The van der Waals surface area contributed by atoms with Crippen LogP contribution >= 0.6 is 0 Å². The van der Waals surface area contributed by atoms with Crippen molar-refractivity contribution in [3.05, 3.63) is 59.2 Å². The fraction of sp³-hybridized carbons (Fsp3) is 0.300. The third-order valence-corrected chi connectivity index (χ3v) is 3.62. The Bertz CT molecular complexity index is 852. The van der Waals surface area contributed by atoms with Crippen molar-refractivity contribution in [1.29, 1.82) is 0 Å². The Kier molecular flexibility index (Phi) is 7.62. The van der Waals surface area contributed by atoms with Crippen molar-refractivity contribution in [2.24, 2.45) is 0 Å². The molecular formula is C20H21FN2O5. The van der Waals surface area contributed by atoms with Crippen molar-refractivity contribution < 1.29 is 28.2 Å². The normalized spacial score (nSPS) is 10.2. The van der Waals surface area contributed by atoms with Gasteiger partial charge in [-0.15, -0.1) is 0 Å². The molecule has 2 aromatic rings. The first-order chi connectivity index (χ1) is 13.4. The lowest BCUT2D eigenvalue weighted by Crippen LogP contribution is -2.21. The predicted molar refractivity (Wildman–Crippen MR) is 99.3 cm³/mol. The van der Waals surface area contributed by atoms with Gasteiger partial charge in [-0.2, -0.15) is 0 Å². The Balaban J connectivity index is 2.24. The quantitative estimate of drug-likeness (QED) is 0.552. The van der Waals surface area contributed by atoms with Crippen molar-refractivity contribution in [2.45, 2.75) is 26.7 Å². The number of hydrogen-bond donors (Lipinski definition) is 1. The van der Waals surface area contributed by atoms with Crippen LogP contribution in [0.5, 0.6) is 0 Å². The number of amides is 1. The summed E-state index contributed by atoms with van der Waals surface area (Å²) in [6.07, 6.45) is 1.41. The first kappa shape index (κ1) is 21.0. The van der Waals surface area contributed by atoms with Crippen LogP contribution in [0.2, 0.25) is 0 Å². The maximum atomic E-state index is 13.1. The molecule has 0 aliphatic rings. The van der Waals surface area contributed by atoms with E-state index in [0.717, 1.165) is 5.56 Å². The number of aromatic nitrogens is 1. The molecule has 7 nitrogen and oxygen atoms in total. The third-order valence-electron chi connectivity index (χ3n) is 3.62. The van der Waals surface area contributed by atoms with Crippen LogP contribution in [0.25, 0.3) is 0 Å². The molecule has 28 heavy (non-hydrogen) atoms. The number of hydrogen-bond acceptors (Lipinski definition) is 6. The predicted octanol–water partition coefficient (Wildman–Crippen LogP) is 2.88. The molecule has 0 radical (unpaired) electrons. The summed E-state index contributed by atoms with van der Waals surface area (Å²) in [4.78, 5) is 39.8. The minimum atomic E-state index is -0.692. The Hall–Kier alpha value is -3.29. The highest BCUT2D eigenvalue weighted by atomic mass is 19.1. The molecule has 1 aromatic heterocycles. The van der Waals surface area contributed by atoms with Crippen LogP contribution < -0.4 is 5.32 Å². The minimum Gasteiger partial charge on any atom is -0.466 e. The van der Waals surface area contributed by atoms with Gasteiger partial charge in [0.2, 0.25) is 5.91 Å². The van der Waals surface area contributed by atoms with Gasteiger partial charge in [-0.25, -0.2) is 14.2 Å². The monoisotopic (exact) mass is 388 g/mol. The van der Waals surface area contributed by atoms with Crippen LogP contribution in [-0.2, 0) is 25.5 Å². The Labute approximate surface area is 161 Å². The number of halogens is 1. The standard InChI is InChI=1S/C20H21FN2O5/c1-3-27-18(25)11-17(24)23-16-10-14(9-13-5-7-15(21)8-6-13)12-22-19(16)20(26)28-4-2/h5-8,10,12H,3-4,9,11H2,1-2H3,(H,23,24). The number of ether oxygens (including phenoxy) is 2. The van der Waals surface area contributed by atoms with Gasteiger partial charge in [0, 0.05) is 6.20 Å². The molecule has 0 fully saturated rings. The van der Waals surface area contributed by atoms with Gasteiger partial charge in [-0.3, -0.25) is 9.59 Å². The van der Waals surface area contributed by atoms with Crippen LogP contribution in [0.3, 0.4) is 0 Å². The van der Waals surface area contributed by atoms with Gasteiger partial charge in [-0.05, 0) is 49.6 Å². The zero-order valence-corrected chi connectivity index (χ0v) is 15.7. The molecule has 0 saturated heterocycles. The maximum Gasteiger partial charge on any atom is 0.359 e. The molecule has 0 aliphatic heterocycles. The molecule has 1 N–H and O–H groups in total. The highest BCUT2D eigenvalue weighted by Gasteiger charge is 2.19. The van der Waals surface area contributed by atoms with E-state index < -0.39 is 24.3 Å². The molecule has 2 rings (SSSR count). The molecule has 1 heterocycles. The number of nitrogens with zero attached hydrogens (tertiary/aromatic N) is 1. The molecule has 0 atom stereocenters. The van der Waals surface area contributed by atoms with Crippen molar-refractivity contribution in [1.82, 2.24) is 4.98 Å². The summed E-state index contributed by atoms with van der Waals surface area (Å²) in [5, 5.41) is 2.51. The number of nitrogens with one attached hydrogen (secondary N) is 1. The zero-order chi connectivity index (χ0) is 20.5. The summed E-state index contributed by atoms with van der Waals surface area (Å²) in [7, 11) is 0. The van der Waals surface area contributed by atoms with Gasteiger partial charge in [0.1, 0.15) is 12.2 Å². The SMILES string of the molecule is CCOC(=O)CC(=O)Nc1cc(Cc2ccc(F)cc2)cnc1C(=O)OCC. The topological polar surface area (TPSA) is 94.6 Å². The van der Waals surface area contributed by atoms with E-state index in [-0.39, 0.29) is 30.4 Å². The number of carbonyl (C=O) groups excluding carboxylic acids is 3. The molecule has 8 heteroatoms. The van der Waals surface area contributed by atoms with Gasteiger partial charge in [0.25, 0.3) is 0 Å². The molecular weight excluding hydrogens is 367 g/mol. The molecule has 1 aromatic carbocycles. The van der Waals surface area contributed by atoms with Crippen LogP contribution in [0.1, 0.15) is 41.9 Å². The minimum absolute atomic E-state index is 0.0677. The highest BCUT2D eigenvalue weighted by Crippen LogP contribution is 2.19. The number of esters is 2. The summed E-state index contributed by atoms with van der Waals surface area (Å²) in [5.41, 5.74) is 1.58. The van der Waals surface area contributed by atoms with Crippen molar-refractivity contribution in [3.8, 4) is 0 Å². The van der Waals surface area contributed by atoms with Gasteiger partial charge >= 0.3 is 11.9 Å². The fourth-order valence-electron chi connectivity index (χ4n) is 2.44. The second-order valence-electron chi connectivity index (χ2n) is 5.79. The number of rotatable bonds is 8. The molecule has 148 valence electrons. The van der Waals surface area contributed by atoms with Crippen molar-refractivity contribution in [3.63, 3.8) is 0 Å². The van der Waals surface area contributed by atoms with Gasteiger partial charge < -0.3 is 14.8 Å². The summed E-state index contributed by atoms with van der Waals surface area (Å²) in [6.45, 7) is 3.60. The second kappa shape index (κ2) is 10.1. The molecule has 0 aliphatic carbocycles. The number of carbonyl (C=O) groups is 3. The summed E-state index contributed by atoms with van der Waals surface area (Å²) in [6, 6.07) is 7.53. The molecule has 0 saturated carbocycles. The lowest BCUT2D eigenvalue weighted by molar-refractivity contribution is -0.145. The van der Waals surface area contributed by atoms with E-state index >= 15 is 0 Å². The molecule has 0 bridgehead atoms. The molecule has 0 unspecified atom stereocenters. The highest BCUT2D eigenvalue weighted by molar-refractivity contribution is 6.05. The largest absolute Gasteiger partial charge is 0.466 e. The van der Waals surface area contributed by atoms with Gasteiger partial charge in [0.05, 0.1) is 18.9 Å². The van der Waals surface area contributed by atoms with E-state index in [1.165, 1.54) is 18.3 Å². The lowest BCUT2D eigenvalue weighted by Gasteiger charge is -2.12. The lowest BCUT2D eigenvalue weighted by atomic mass is 10.1. The number of pyridine rings is 1. The van der Waals surface area contributed by atoms with E-state index in [0.29, 0.717) is 12.0 Å². The smallest absolute Gasteiger partial charge is 0.359 e. The van der Waals surface area contributed by atoms with E-state index in [2.05, 4.69) is 10.3 Å². The van der Waals surface area contributed by atoms with Crippen LogP contribution in [0.4, 0.5) is 10.1 Å². The third kappa shape index (κ3) is 6.15. The average molecular weight is 388 g/mol. The van der Waals surface area contributed by atoms with Crippen LogP contribution in [0, 0.1) is 5.82 Å². The van der Waals surface area contributed by atoms with E-state index in [4.69, 9.17) is 9.47 Å². The Morgan fingerprint density at radius 2 is 1.71 bits per heavy atom. The van der Waals surface area contributed by atoms with E-state index in [1.807, 2.05) is 0 Å². The number of anilines is 1. The first-order valence-corrected chi connectivity index (χ1v) is 8.78. The van der Waals surface area contributed by atoms with Crippen molar-refractivity contribution in [2.75, 3.05) is 18.5 Å². The average Bonchev–Trinajstić information content (AvgIpc) is 2.64. The van der Waals surface area contributed by atoms with E-state index in [1.54, 1.807) is 32.0 Å². The summed E-state index contributed by atoms with van der Waals surface area (Å²) >= 11 is 0. The molecule has 0 spiro atoms. The van der Waals surface area contributed by atoms with Crippen LogP contribution in [0.15, 0.2) is 36.5 Å². The first-order valence-electron chi connectivity index (χ1n) is 8.78. The summed E-state index contributed by atoms with van der Waals surface area (Å²) in [5.74, 6) is -2.34. The van der Waals surface area contributed by atoms with Gasteiger partial charge in [0.15, 0.2) is 5.69 Å². The maximum absolute atomic E-state index is 13.1. The zero-order valence-electron chi connectivity index (χ0n) is 15.7. The summed E-state index contributed by atoms with van der Waals surface area (Å²) < 4.78 is 22.8. The Morgan fingerprint density at radius 3 is 2.36 bits per heavy atom. The van der Waals surface area contributed by atoms with Crippen LogP contribution in [-0.4, -0.2) is 36.0 Å².